The van der Waals surface area contributed by atoms with Crippen molar-refractivity contribution in [2.75, 3.05) is 7.05 Å². The molecule has 5 heteroatoms. The molecule has 0 spiro atoms. The zero-order valence-corrected chi connectivity index (χ0v) is 11.7. The molecular formula is C15H13NO3S. The van der Waals surface area contributed by atoms with Gasteiger partial charge >= 0.3 is 0 Å². The number of hydrogen-bond acceptors (Lipinski definition) is 3. The Bertz CT molecular complexity index is 769. The summed E-state index contributed by atoms with van der Waals surface area (Å²) >= 11 is 0. The third kappa shape index (κ3) is 1.74. The zero-order valence-electron chi connectivity index (χ0n) is 10.9. The van der Waals surface area contributed by atoms with E-state index in [1.54, 1.807) is 54.6 Å². The molecule has 0 saturated heterocycles. The Labute approximate surface area is 117 Å². The second kappa shape index (κ2) is 4.45. The summed E-state index contributed by atoms with van der Waals surface area (Å²) in [4.78, 5) is 13.7. The van der Waals surface area contributed by atoms with E-state index in [0.717, 1.165) is 0 Å². The number of carbonyl (C=O) groups is 1. The van der Waals surface area contributed by atoms with Crippen LogP contribution in [-0.4, -0.2) is 26.3 Å². The standard InChI is InChI=1S/C15H13NO3S/c1-16-14(17)12-9-5-6-10-13(12)15(16)20(18,19)11-7-3-2-4-8-11/h2-10,15H,1H3. The van der Waals surface area contributed by atoms with Gasteiger partial charge in [-0.2, -0.15) is 0 Å². The predicted molar refractivity (Wildman–Crippen MR) is 74.9 cm³/mol. The highest BCUT2D eigenvalue weighted by Gasteiger charge is 2.42. The minimum atomic E-state index is -3.63. The summed E-state index contributed by atoms with van der Waals surface area (Å²) in [6.07, 6.45) is 0. The van der Waals surface area contributed by atoms with Gasteiger partial charge in [-0.3, -0.25) is 4.79 Å². The van der Waals surface area contributed by atoms with Crippen LogP contribution in [0.1, 0.15) is 21.3 Å². The zero-order chi connectivity index (χ0) is 14.3. The van der Waals surface area contributed by atoms with Crippen molar-refractivity contribution in [3.05, 3.63) is 65.7 Å². The van der Waals surface area contributed by atoms with Gasteiger partial charge in [0.05, 0.1) is 4.90 Å². The molecule has 2 aromatic rings. The second-order valence-corrected chi connectivity index (χ2v) is 6.72. The van der Waals surface area contributed by atoms with Crippen LogP contribution in [0.3, 0.4) is 0 Å². The summed E-state index contributed by atoms with van der Waals surface area (Å²) in [5.41, 5.74) is 1.00. The van der Waals surface area contributed by atoms with Gasteiger partial charge < -0.3 is 4.90 Å². The SMILES string of the molecule is CN1C(=O)c2ccccc2C1S(=O)(=O)c1ccccc1. The molecular weight excluding hydrogens is 274 g/mol. The first-order valence-corrected chi connectivity index (χ1v) is 7.73. The summed E-state index contributed by atoms with van der Waals surface area (Å²) in [5.74, 6) is -0.259. The smallest absolute Gasteiger partial charge is 0.255 e. The normalized spacial score (nSPS) is 18.1. The van der Waals surface area contributed by atoms with Crippen LogP contribution in [0.2, 0.25) is 0 Å². The molecule has 20 heavy (non-hydrogen) atoms. The average molecular weight is 287 g/mol. The van der Waals surface area contributed by atoms with E-state index >= 15 is 0 Å². The summed E-state index contributed by atoms with van der Waals surface area (Å²) in [6.45, 7) is 0. The van der Waals surface area contributed by atoms with Crippen molar-refractivity contribution < 1.29 is 13.2 Å². The maximum absolute atomic E-state index is 12.8. The monoisotopic (exact) mass is 287 g/mol. The quantitative estimate of drug-likeness (QED) is 0.851. The lowest BCUT2D eigenvalue weighted by Gasteiger charge is -2.20. The Balaban J connectivity index is 2.18. The van der Waals surface area contributed by atoms with Crippen molar-refractivity contribution in [3.8, 4) is 0 Å². The minimum Gasteiger partial charge on any atom is -0.321 e. The molecule has 1 atom stereocenters. The van der Waals surface area contributed by atoms with Crippen molar-refractivity contribution in [1.82, 2.24) is 4.90 Å². The molecule has 0 fully saturated rings. The van der Waals surface area contributed by atoms with E-state index < -0.39 is 15.2 Å². The largest absolute Gasteiger partial charge is 0.321 e. The van der Waals surface area contributed by atoms with Gasteiger partial charge in [-0.1, -0.05) is 36.4 Å². The Hall–Kier alpha value is -2.14. The van der Waals surface area contributed by atoms with E-state index in [0.29, 0.717) is 11.1 Å². The topological polar surface area (TPSA) is 54.5 Å². The Kier molecular flexibility index (Phi) is 2.87. The summed E-state index contributed by atoms with van der Waals surface area (Å²) in [5, 5.41) is -0.950. The van der Waals surface area contributed by atoms with Crippen LogP contribution in [0.25, 0.3) is 0 Å². The number of fused-ring (bicyclic) bond motifs is 1. The summed E-state index contributed by atoms with van der Waals surface area (Å²) in [7, 11) is -2.11. The molecule has 0 aromatic heterocycles. The van der Waals surface area contributed by atoms with Crippen LogP contribution < -0.4 is 0 Å². The Morgan fingerprint density at radius 1 is 0.950 bits per heavy atom. The number of nitrogens with zero attached hydrogens (tertiary/aromatic N) is 1. The first kappa shape index (κ1) is 12.9. The number of hydrogen-bond donors (Lipinski definition) is 0. The lowest BCUT2D eigenvalue weighted by atomic mass is 10.1. The number of benzene rings is 2. The fraction of sp³-hybridized carbons (Fsp3) is 0.133. The first-order chi connectivity index (χ1) is 9.53. The van der Waals surface area contributed by atoms with Crippen molar-refractivity contribution in [3.63, 3.8) is 0 Å². The van der Waals surface area contributed by atoms with E-state index in [-0.39, 0.29) is 10.8 Å². The molecule has 1 unspecified atom stereocenters. The molecule has 0 radical (unpaired) electrons. The highest BCUT2D eigenvalue weighted by atomic mass is 32.2. The van der Waals surface area contributed by atoms with Crippen molar-refractivity contribution in [2.45, 2.75) is 10.3 Å². The van der Waals surface area contributed by atoms with Gasteiger partial charge in [0.1, 0.15) is 0 Å². The Morgan fingerprint density at radius 2 is 1.55 bits per heavy atom. The molecule has 0 N–H and O–H groups in total. The lowest BCUT2D eigenvalue weighted by molar-refractivity contribution is 0.0808. The molecule has 1 heterocycles. The highest BCUT2D eigenvalue weighted by Crippen LogP contribution is 2.39. The fourth-order valence-corrected chi connectivity index (χ4v) is 4.37. The van der Waals surface area contributed by atoms with Crippen molar-refractivity contribution >= 4 is 15.7 Å². The van der Waals surface area contributed by atoms with Gasteiger partial charge in [-0.25, -0.2) is 8.42 Å². The third-order valence-corrected chi connectivity index (χ3v) is 5.58. The van der Waals surface area contributed by atoms with Gasteiger partial charge in [0.25, 0.3) is 5.91 Å². The van der Waals surface area contributed by atoms with E-state index in [1.165, 1.54) is 11.9 Å². The van der Waals surface area contributed by atoms with Crippen LogP contribution in [-0.2, 0) is 9.84 Å². The number of rotatable bonds is 2. The highest BCUT2D eigenvalue weighted by molar-refractivity contribution is 7.91. The Morgan fingerprint density at radius 3 is 2.25 bits per heavy atom. The molecule has 1 amide bonds. The van der Waals surface area contributed by atoms with Gasteiger partial charge in [-0.15, -0.1) is 0 Å². The second-order valence-electron chi connectivity index (χ2n) is 4.71. The molecule has 2 aromatic carbocycles. The molecule has 0 saturated carbocycles. The van der Waals surface area contributed by atoms with Gasteiger partial charge in [0.15, 0.2) is 5.37 Å². The van der Waals surface area contributed by atoms with Gasteiger partial charge in [0, 0.05) is 18.2 Å². The summed E-state index contributed by atoms with van der Waals surface area (Å²) in [6, 6.07) is 15.1. The molecule has 102 valence electrons. The first-order valence-electron chi connectivity index (χ1n) is 6.18. The summed E-state index contributed by atoms with van der Waals surface area (Å²) < 4.78 is 25.5. The fourth-order valence-electron chi connectivity index (χ4n) is 2.53. The van der Waals surface area contributed by atoms with Crippen LogP contribution in [0, 0.1) is 0 Å². The van der Waals surface area contributed by atoms with Crippen LogP contribution in [0.15, 0.2) is 59.5 Å². The lowest BCUT2D eigenvalue weighted by Crippen LogP contribution is -2.29. The van der Waals surface area contributed by atoms with Gasteiger partial charge in [-0.05, 0) is 18.2 Å². The van der Waals surface area contributed by atoms with Crippen LogP contribution in [0.4, 0.5) is 0 Å². The number of amides is 1. The molecule has 0 aliphatic carbocycles. The van der Waals surface area contributed by atoms with Crippen LogP contribution in [0.5, 0.6) is 0 Å². The van der Waals surface area contributed by atoms with Crippen molar-refractivity contribution in [1.29, 1.82) is 0 Å². The maximum atomic E-state index is 12.8. The number of carbonyl (C=O) groups excluding carboxylic acids is 1. The average Bonchev–Trinajstić information content (AvgIpc) is 2.73. The van der Waals surface area contributed by atoms with Crippen molar-refractivity contribution in [2.24, 2.45) is 0 Å². The van der Waals surface area contributed by atoms with E-state index in [2.05, 4.69) is 0 Å². The molecule has 1 aliphatic rings. The molecule has 1 aliphatic heterocycles. The van der Waals surface area contributed by atoms with E-state index in [1.807, 2.05) is 0 Å². The predicted octanol–water partition coefficient (Wildman–Crippen LogP) is 2.24. The molecule has 0 bridgehead atoms. The maximum Gasteiger partial charge on any atom is 0.255 e. The minimum absolute atomic E-state index is 0.223. The third-order valence-electron chi connectivity index (χ3n) is 3.50. The van der Waals surface area contributed by atoms with Crippen LogP contribution >= 0.6 is 0 Å². The molecule has 4 nitrogen and oxygen atoms in total. The molecule has 3 rings (SSSR count). The van der Waals surface area contributed by atoms with E-state index in [9.17, 15) is 13.2 Å². The van der Waals surface area contributed by atoms with E-state index in [4.69, 9.17) is 0 Å². The van der Waals surface area contributed by atoms with Gasteiger partial charge in [0.2, 0.25) is 9.84 Å². The number of sulfone groups is 1.